The van der Waals surface area contributed by atoms with Crippen LogP contribution in [0.5, 0.6) is 0 Å². The number of guanidine groups is 1. The van der Waals surface area contributed by atoms with Crippen LogP contribution in [0.25, 0.3) is 0 Å². The zero-order valence-corrected chi connectivity index (χ0v) is 18.3. The molecule has 1 atom stereocenters. The lowest BCUT2D eigenvalue weighted by Gasteiger charge is -2.24. The molecule has 3 N–H and O–H groups in total. The van der Waals surface area contributed by atoms with E-state index >= 15 is 0 Å². The van der Waals surface area contributed by atoms with E-state index in [0.717, 1.165) is 36.7 Å². The Hall–Kier alpha value is -1.76. The molecule has 1 fully saturated rings. The molecule has 2 rings (SSSR count). The molecule has 1 saturated carbocycles. The molecule has 0 heterocycles. The van der Waals surface area contributed by atoms with Crippen LogP contribution in [0.1, 0.15) is 64.4 Å². The number of sulfonamides is 1. The van der Waals surface area contributed by atoms with Crippen LogP contribution in [0.3, 0.4) is 0 Å². The summed E-state index contributed by atoms with van der Waals surface area (Å²) in [6.45, 7) is 5.44. The summed E-state index contributed by atoms with van der Waals surface area (Å²) in [7, 11) is -3.32. The van der Waals surface area contributed by atoms with Crippen LogP contribution in [-0.2, 0) is 16.6 Å². The van der Waals surface area contributed by atoms with Gasteiger partial charge in [-0.15, -0.1) is 0 Å². The minimum absolute atomic E-state index is 0.351. The van der Waals surface area contributed by atoms with Gasteiger partial charge in [-0.05, 0) is 44.2 Å². The van der Waals surface area contributed by atoms with Crippen molar-refractivity contribution in [2.45, 2.75) is 71.4 Å². The zero-order valence-electron chi connectivity index (χ0n) is 17.5. The lowest BCUT2D eigenvalue weighted by Crippen LogP contribution is -2.42. The van der Waals surface area contributed by atoms with Gasteiger partial charge in [0, 0.05) is 12.6 Å². The van der Waals surface area contributed by atoms with E-state index in [1.165, 1.54) is 38.5 Å². The molecule has 0 bridgehead atoms. The largest absolute Gasteiger partial charge is 0.357 e. The van der Waals surface area contributed by atoms with Gasteiger partial charge in [0.1, 0.15) is 0 Å². The molecule has 0 radical (unpaired) electrons. The highest BCUT2D eigenvalue weighted by molar-refractivity contribution is 7.92. The van der Waals surface area contributed by atoms with Crippen molar-refractivity contribution in [1.82, 2.24) is 10.6 Å². The predicted octanol–water partition coefficient (Wildman–Crippen LogP) is 3.86. The van der Waals surface area contributed by atoms with Crippen LogP contribution >= 0.6 is 0 Å². The first kappa shape index (κ1) is 22.5. The van der Waals surface area contributed by atoms with Gasteiger partial charge in [0.15, 0.2) is 5.96 Å². The number of para-hydroxylation sites is 1. The second-order valence-corrected chi connectivity index (χ2v) is 9.60. The fourth-order valence-corrected chi connectivity index (χ4v) is 4.31. The van der Waals surface area contributed by atoms with E-state index in [1.54, 1.807) is 6.07 Å². The first-order valence-corrected chi connectivity index (χ1v) is 12.4. The first-order chi connectivity index (χ1) is 13.4. The summed E-state index contributed by atoms with van der Waals surface area (Å²) in [5.41, 5.74) is 1.43. The zero-order chi connectivity index (χ0) is 20.4. The Morgan fingerprint density at radius 2 is 1.93 bits per heavy atom. The molecule has 7 heteroatoms. The summed E-state index contributed by atoms with van der Waals surface area (Å²) in [5.74, 6) is 1.65. The molecule has 6 nitrogen and oxygen atoms in total. The number of nitrogens with one attached hydrogen (secondary N) is 3. The number of benzene rings is 1. The molecule has 0 spiro atoms. The quantitative estimate of drug-likeness (QED) is 0.428. The summed E-state index contributed by atoms with van der Waals surface area (Å²) in [6, 6.07) is 7.72. The summed E-state index contributed by atoms with van der Waals surface area (Å²) in [4.78, 5) is 4.67. The average molecular weight is 409 g/mol. The maximum absolute atomic E-state index is 11.6. The smallest absolute Gasteiger partial charge is 0.229 e. The molecule has 0 amide bonds. The van der Waals surface area contributed by atoms with Gasteiger partial charge >= 0.3 is 0 Å². The number of hydrogen-bond donors (Lipinski definition) is 3. The Balaban J connectivity index is 1.94. The highest BCUT2D eigenvalue weighted by Gasteiger charge is 2.15. The van der Waals surface area contributed by atoms with E-state index < -0.39 is 10.0 Å². The fraction of sp³-hybridized carbons (Fsp3) is 0.667. The highest BCUT2D eigenvalue weighted by Crippen LogP contribution is 2.27. The minimum atomic E-state index is -3.32. The standard InChI is InChI=1S/C21H36N4O2S/c1-4-22-21(24-17(2)14-15-18-10-6-5-7-11-18)23-16-19-12-8-9-13-20(19)25-28(3,26)27/h8-9,12-13,17-18,25H,4-7,10-11,14-16H2,1-3H3,(H2,22,23,24). The van der Waals surface area contributed by atoms with E-state index in [1.807, 2.05) is 25.1 Å². The summed E-state index contributed by atoms with van der Waals surface area (Å²) in [5, 5.41) is 6.79. The first-order valence-electron chi connectivity index (χ1n) is 10.5. The van der Waals surface area contributed by atoms with Crippen LogP contribution in [-0.4, -0.2) is 33.2 Å². The van der Waals surface area contributed by atoms with Crippen molar-refractivity contribution >= 4 is 21.7 Å². The molecule has 158 valence electrons. The van der Waals surface area contributed by atoms with Gasteiger partial charge in [-0.25, -0.2) is 13.4 Å². The van der Waals surface area contributed by atoms with Crippen molar-refractivity contribution in [3.63, 3.8) is 0 Å². The number of hydrogen-bond acceptors (Lipinski definition) is 3. The third-order valence-electron chi connectivity index (χ3n) is 5.18. The van der Waals surface area contributed by atoms with Crippen molar-refractivity contribution in [2.24, 2.45) is 10.9 Å². The number of nitrogens with zero attached hydrogens (tertiary/aromatic N) is 1. The van der Waals surface area contributed by atoms with Gasteiger partial charge in [0.2, 0.25) is 10.0 Å². The van der Waals surface area contributed by atoms with Crippen molar-refractivity contribution in [3.05, 3.63) is 29.8 Å². The molecule has 0 saturated heterocycles. The third-order valence-corrected chi connectivity index (χ3v) is 5.77. The van der Waals surface area contributed by atoms with E-state index in [4.69, 9.17) is 0 Å². The van der Waals surface area contributed by atoms with Gasteiger partial charge in [-0.2, -0.15) is 0 Å². The average Bonchev–Trinajstić information content (AvgIpc) is 2.65. The molecular formula is C21H36N4O2S. The lowest BCUT2D eigenvalue weighted by molar-refractivity contribution is 0.322. The van der Waals surface area contributed by atoms with Gasteiger partial charge in [0.05, 0.1) is 18.5 Å². The summed E-state index contributed by atoms with van der Waals surface area (Å²) >= 11 is 0. The molecule has 1 unspecified atom stereocenters. The molecule has 1 aromatic carbocycles. The monoisotopic (exact) mass is 408 g/mol. The highest BCUT2D eigenvalue weighted by atomic mass is 32.2. The van der Waals surface area contributed by atoms with Crippen LogP contribution in [0.15, 0.2) is 29.3 Å². The second kappa shape index (κ2) is 11.3. The normalized spacial score (nSPS) is 17.2. The Morgan fingerprint density at radius 3 is 2.61 bits per heavy atom. The fourth-order valence-electron chi connectivity index (χ4n) is 3.71. The molecule has 28 heavy (non-hydrogen) atoms. The topological polar surface area (TPSA) is 82.6 Å². The number of rotatable bonds is 9. The SMILES string of the molecule is CCNC(=NCc1ccccc1NS(C)(=O)=O)NC(C)CCC1CCCCC1. The van der Waals surface area contributed by atoms with Gasteiger partial charge in [-0.3, -0.25) is 4.72 Å². The van der Waals surface area contributed by atoms with Crippen molar-refractivity contribution in [2.75, 3.05) is 17.5 Å². The van der Waals surface area contributed by atoms with Crippen molar-refractivity contribution in [1.29, 1.82) is 0 Å². The molecule has 0 aliphatic heterocycles. The number of anilines is 1. The van der Waals surface area contributed by atoms with E-state index in [0.29, 0.717) is 18.3 Å². The summed E-state index contributed by atoms with van der Waals surface area (Å²) < 4.78 is 25.7. The summed E-state index contributed by atoms with van der Waals surface area (Å²) in [6.07, 6.45) is 10.5. The molecule has 0 aromatic heterocycles. The van der Waals surface area contributed by atoms with Crippen LogP contribution < -0.4 is 15.4 Å². The predicted molar refractivity (Wildman–Crippen MR) is 118 cm³/mol. The van der Waals surface area contributed by atoms with Crippen LogP contribution in [0, 0.1) is 5.92 Å². The Bertz CT molecular complexity index is 728. The maximum Gasteiger partial charge on any atom is 0.229 e. The van der Waals surface area contributed by atoms with Crippen LogP contribution in [0.2, 0.25) is 0 Å². The van der Waals surface area contributed by atoms with Crippen molar-refractivity contribution in [3.8, 4) is 0 Å². The minimum Gasteiger partial charge on any atom is -0.357 e. The van der Waals surface area contributed by atoms with E-state index in [9.17, 15) is 8.42 Å². The maximum atomic E-state index is 11.6. The van der Waals surface area contributed by atoms with Crippen LogP contribution in [0.4, 0.5) is 5.69 Å². The second-order valence-electron chi connectivity index (χ2n) is 7.85. The Morgan fingerprint density at radius 1 is 1.21 bits per heavy atom. The molecule has 1 aromatic rings. The third kappa shape index (κ3) is 8.50. The molecule has 1 aliphatic rings. The van der Waals surface area contributed by atoms with Gasteiger partial charge in [0.25, 0.3) is 0 Å². The van der Waals surface area contributed by atoms with E-state index in [-0.39, 0.29) is 0 Å². The van der Waals surface area contributed by atoms with Crippen molar-refractivity contribution < 1.29 is 8.42 Å². The lowest BCUT2D eigenvalue weighted by atomic mass is 9.85. The molecular weight excluding hydrogens is 372 g/mol. The molecule has 1 aliphatic carbocycles. The van der Waals surface area contributed by atoms with Gasteiger partial charge < -0.3 is 10.6 Å². The van der Waals surface area contributed by atoms with E-state index in [2.05, 4.69) is 27.3 Å². The Kier molecular flexibility index (Phi) is 9.09. The Labute approximate surface area is 170 Å². The van der Waals surface area contributed by atoms with Gasteiger partial charge in [-0.1, -0.05) is 50.3 Å². The number of aliphatic imine (C=N–C) groups is 1.